The van der Waals surface area contributed by atoms with Crippen molar-refractivity contribution >= 4 is 23.2 Å². The first-order valence-corrected chi connectivity index (χ1v) is 8.83. The van der Waals surface area contributed by atoms with Gasteiger partial charge >= 0.3 is 0 Å². The summed E-state index contributed by atoms with van der Waals surface area (Å²) < 4.78 is 5.57. The van der Waals surface area contributed by atoms with Crippen LogP contribution in [-0.2, 0) is 6.54 Å². The Morgan fingerprint density at radius 2 is 2.00 bits per heavy atom. The molecule has 25 heavy (non-hydrogen) atoms. The molecule has 0 aliphatic carbocycles. The molecule has 1 aliphatic heterocycles. The number of likely N-dealkylation sites (N-methyl/N-ethyl adjacent to an activating group) is 1. The minimum absolute atomic E-state index is 0.189. The zero-order chi connectivity index (χ0) is 17.6. The number of fused-ring (bicyclic) bond motifs is 1. The molecule has 4 rings (SSSR count). The summed E-state index contributed by atoms with van der Waals surface area (Å²) in [4.78, 5) is 2.27. The molecule has 4 nitrogen and oxygen atoms in total. The highest BCUT2D eigenvalue weighted by Crippen LogP contribution is 2.39. The molecule has 2 heterocycles. The van der Waals surface area contributed by atoms with Crippen LogP contribution in [0.4, 0.5) is 0 Å². The Kier molecular flexibility index (Phi) is 4.28. The zero-order valence-corrected chi connectivity index (χ0v) is 15.5. The summed E-state index contributed by atoms with van der Waals surface area (Å²) in [5.74, 6) is 1.28. The number of aryl methyl sites for hydroxylation is 1. The van der Waals surface area contributed by atoms with Crippen LogP contribution >= 0.6 is 23.2 Å². The quantitative estimate of drug-likeness (QED) is 0.638. The molecule has 0 bridgehead atoms. The van der Waals surface area contributed by atoms with Gasteiger partial charge in [-0.15, -0.1) is 10.2 Å². The Morgan fingerprint density at radius 3 is 2.76 bits per heavy atom. The van der Waals surface area contributed by atoms with E-state index in [2.05, 4.69) is 34.3 Å². The molecule has 1 aliphatic rings. The molecule has 1 atom stereocenters. The van der Waals surface area contributed by atoms with Gasteiger partial charge in [0.15, 0.2) is 0 Å². The third kappa shape index (κ3) is 3.17. The maximum atomic E-state index is 6.45. The summed E-state index contributed by atoms with van der Waals surface area (Å²) in [5, 5.41) is 9.43. The number of aromatic nitrogens is 2. The fourth-order valence-corrected chi connectivity index (χ4v) is 4.00. The van der Waals surface area contributed by atoms with Gasteiger partial charge < -0.3 is 9.32 Å². The molecule has 0 fully saturated rings. The van der Waals surface area contributed by atoms with E-state index in [1.54, 1.807) is 6.92 Å². The first-order valence-electron chi connectivity index (χ1n) is 8.08. The van der Waals surface area contributed by atoms with Crippen molar-refractivity contribution in [2.24, 2.45) is 0 Å². The minimum Gasteiger partial charge on any atom is -0.421 e. The van der Waals surface area contributed by atoms with E-state index >= 15 is 0 Å². The fraction of sp³-hybridized carbons (Fsp3) is 0.263. The zero-order valence-electron chi connectivity index (χ0n) is 14.0. The predicted octanol–water partition coefficient (Wildman–Crippen LogP) is 4.93. The van der Waals surface area contributed by atoms with E-state index in [-0.39, 0.29) is 5.92 Å². The standard InChI is InChI=1S/C19H17Cl2N3O/c1-11-22-23-19(25-11)13-5-3-4-12(6-13)16-9-24(2)10-17-15(16)7-14(20)8-18(17)21/h3-8,16H,9-10H2,1-2H3/t16-/m0/s1. The van der Waals surface area contributed by atoms with E-state index in [9.17, 15) is 0 Å². The van der Waals surface area contributed by atoms with Crippen LogP contribution < -0.4 is 0 Å². The number of rotatable bonds is 2. The lowest BCUT2D eigenvalue weighted by Crippen LogP contribution is -2.31. The average Bonchev–Trinajstić information content (AvgIpc) is 3.02. The van der Waals surface area contributed by atoms with E-state index in [0.29, 0.717) is 16.8 Å². The van der Waals surface area contributed by atoms with Crippen molar-refractivity contribution in [3.05, 3.63) is 69.0 Å². The molecule has 0 N–H and O–H groups in total. The lowest BCUT2D eigenvalue weighted by Gasteiger charge is -2.33. The van der Waals surface area contributed by atoms with Gasteiger partial charge in [-0.2, -0.15) is 0 Å². The fourth-order valence-electron chi connectivity index (χ4n) is 3.43. The third-order valence-corrected chi connectivity index (χ3v) is 5.11. The van der Waals surface area contributed by atoms with Crippen molar-refractivity contribution in [2.45, 2.75) is 19.4 Å². The second-order valence-corrected chi connectivity index (χ2v) is 7.30. The highest BCUT2D eigenvalue weighted by molar-refractivity contribution is 6.35. The second kappa shape index (κ2) is 6.45. The van der Waals surface area contributed by atoms with Crippen molar-refractivity contribution < 1.29 is 4.42 Å². The van der Waals surface area contributed by atoms with Crippen LogP contribution in [0.2, 0.25) is 10.0 Å². The van der Waals surface area contributed by atoms with Crippen molar-refractivity contribution in [1.82, 2.24) is 15.1 Å². The first kappa shape index (κ1) is 16.6. The van der Waals surface area contributed by atoms with Gasteiger partial charge in [-0.05, 0) is 48.0 Å². The molecular weight excluding hydrogens is 357 g/mol. The van der Waals surface area contributed by atoms with E-state index in [1.165, 1.54) is 11.1 Å². The summed E-state index contributed by atoms with van der Waals surface area (Å²) in [6.07, 6.45) is 0. The highest BCUT2D eigenvalue weighted by Gasteiger charge is 2.27. The third-order valence-electron chi connectivity index (χ3n) is 4.55. The van der Waals surface area contributed by atoms with Crippen LogP contribution in [0, 0.1) is 6.92 Å². The molecular formula is C19H17Cl2N3O. The monoisotopic (exact) mass is 373 g/mol. The number of nitrogens with zero attached hydrogens (tertiary/aromatic N) is 3. The van der Waals surface area contributed by atoms with Gasteiger partial charge in [0.1, 0.15) is 0 Å². The Hall–Kier alpha value is -1.88. The summed E-state index contributed by atoms with van der Waals surface area (Å²) in [6, 6.07) is 12.1. The van der Waals surface area contributed by atoms with Crippen molar-refractivity contribution in [3.8, 4) is 11.5 Å². The average molecular weight is 374 g/mol. The van der Waals surface area contributed by atoms with E-state index in [1.807, 2.05) is 24.3 Å². The lowest BCUT2D eigenvalue weighted by molar-refractivity contribution is 0.295. The van der Waals surface area contributed by atoms with Crippen molar-refractivity contribution in [1.29, 1.82) is 0 Å². The van der Waals surface area contributed by atoms with Crippen LogP contribution in [0.25, 0.3) is 11.5 Å². The van der Waals surface area contributed by atoms with Crippen LogP contribution in [0.3, 0.4) is 0 Å². The molecule has 0 radical (unpaired) electrons. The van der Waals surface area contributed by atoms with Gasteiger partial charge in [0.05, 0.1) is 0 Å². The second-order valence-electron chi connectivity index (χ2n) is 6.46. The summed E-state index contributed by atoms with van der Waals surface area (Å²) in [5.41, 5.74) is 4.43. The van der Waals surface area contributed by atoms with Crippen LogP contribution in [0.5, 0.6) is 0 Å². The van der Waals surface area contributed by atoms with Gasteiger partial charge in [-0.3, -0.25) is 0 Å². The van der Waals surface area contributed by atoms with Crippen LogP contribution in [-0.4, -0.2) is 28.7 Å². The summed E-state index contributed by atoms with van der Waals surface area (Å²) >= 11 is 12.7. The molecule has 1 aromatic heterocycles. The van der Waals surface area contributed by atoms with E-state index in [0.717, 1.165) is 29.2 Å². The highest BCUT2D eigenvalue weighted by atomic mass is 35.5. The normalized spacial score (nSPS) is 17.5. The predicted molar refractivity (Wildman–Crippen MR) is 99.1 cm³/mol. The first-order chi connectivity index (χ1) is 12.0. The lowest BCUT2D eigenvalue weighted by atomic mass is 9.84. The molecule has 128 valence electrons. The molecule has 0 saturated heterocycles. The SMILES string of the molecule is Cc1nnc(-c2cccc([C@@H]3CN(C)Cc4c(Cl)cc(Cl)cc43)c2)o1. The van der Waals surface area contributed by atoms with Gasteiger partial charge in [0, 0.05) is 41.5 Å². The molecule has 6 heteroatoms. The summed E-state index contributed by atoms with van der Waals surface area (Å²) in [7, 11) is 2.10. The minimum atomic E-state index is 0.189. The molecule has 0 amide bonds. The number of halogens is 2. The van der Waals surface area contributed by atoms with Crippen molar-refractivity contribution in [3.63, 3.8) is 0 Å². The molecule has 3 aromatic rings. The molecule has 0 spiro atoms. The topological polar surface area (TPSA) is 42.2 Å². The largest absolute Gasteiger partial charge is 0.421 e. The Morgan fingerprint density at radius 1 is 1.16 bits per heavy atom. The molecule has 0 unspecified atom stereocenters. The van der Waals surface area contributed by atoms with Gasteiger partial charge in [-0.1, -0.05) is 35.3 Å². The Balaban J connectivity index is 1.81. The van der Waals surface area contributed by atoms with Crippen LogP contribution in [0.15, 0.2) is 40.8 Å². The maximum absolute atomic E-state index is 6.45. The molecule has 2 aromatic carbocycles. The van der Waals surface area contributed by atoms with Crippen molar-refractivity contribution in [2.75, 3.05) is 13.6 Å². The van der Waals surface area contributed by atoms with E-state index < -0.39 is 0 Å². The number of hydrogen-bond donors (Lipinski definition) is 0. The number of hydrogen-bond acceptors (Lipinski definition) is 4. The van der Waals surface area contributed by atoms with Gasteiger partial charge in [0.2, 0.25) is 11.8 Å². The Bertz CT molecular complexity index is 938. The van der Waals surface area contributed by atoms with Gasteiger partial charge in [-0.25, -0.2) is 0 Å². The van der Waals surface area contributed by atoms with E-state index in [4.69, 9.17) is 27.6 Å². The van der Waals surface area contributed by atoms with Crippen LogP contribution in [0.1, 0.15) is 28.5 Å². The smallest absolute Gasteiger partial charge is 0.247 e. The number of benzene rings is 2. The Labute approximate surface area is 156 Å². The molecule has 0 saturated carbocycles. The van der Waals surface area contributed by atoms with Gasteiger partial charge in [0.25, 0.3) is 0 Å². The summed E-state index contributed by atoms with van der Waals surface area (Å²) in [6.45, 7) is 3.51. The maximum Gasteiger partial charge on any atom is 0.247 e.